The molecule has 0 aromatic heterocycles. The molecule has 0 radical (unpaired) electrons. The summed E-state index contributed by atoms with van der Waals surface area (Å²) in [6.07, 6.45) is 2.02. The third kappa shape index (κ3) is 5.01. The van der Waals surface area contributed by atoms with Crippen molar-refractivity contribution in [3.05, 3.63) is 0 Å². The first-order valence-corrected chi connectivity index (χ1v) is 6.31. The standard InChI is InChI=1S/C12H23N3O3/c1-12(2,11(13)17)8-15-10(16)7-18-9-3-5-14-6-4-9/h9,14H,3-8H2,1-2H3,(H2,13,17)(H,15,16). The zero-order valence-electron chi connectivity index (χ0n) is 11.1. The maximum absolute atomic E-state index is 11.6. The molecule has 1 aliphatic heterocycles. The number of nitrogens with two attached hydrogens (primary N) is 1. The van der Waals surface area contributed by atoms with Crippen LogP contribution in [0.2, 0.25) is 0 Å². The van der Waals surface area contributed by atoms with Gasteiger partial charge in [-0.2, -0.15) is 0 Å². The van der Waals surface area contributed by atoms with E-state index in [2.05, 4.69) is 10.6 Å². The van der Waals surface area contributed by atoms with E-state index < -0.39 is 11.3 Å². The van der Waals surface area contributed by atoms with Gasteiger partial charge in [0.25, 0.3) is 0 Å². The van der Waals surface area contributed by atoms with Crippen LogP contribution in [0.3, 0.4) is 0 Å². The molecule has 0 aliphatic carbocycles. The highest BCUT2D eigenvalue weighted by Gasteiger charge is 2.25. The van der Waals surface area contributed by atoms with E-state index >= 15 is 0 Å². The Hall–Kier alpha value is -1.14. The van der Waals surface area contributed by atoms with Crippen LogP contribution < -0.4 is 16.4 Å². The maximum Gasteiger partial charge on any atom is 0.246 e. The van der Waals surface area contributed by atoms with E-state index in [1.165, 1.54) is 0 Å². The number of nitrogens with one attached hydrogen (secondary N) is 2. The van der Waals surface area contributed by atoms with E-state index in [-0.39, 0.29) is 25.2 Å². The van der Waals surface area contributed by atoms with Crippen molar-refractivity contribution < 1.29 is 14.3 Å². The van der Waals surface area contributed by atoms with E-state index in [1.807, 2.05) is 0 Å². The Morgan fingerprint density at radius 1 is 1.39 bits per heavy atom. The highest BCUT2D eigenvalue weighted by molar-refractivity contribution is 5.82. The van der Waals surface area contributed by atoms with Crippen LogP contribution in [0.4, 0.5) is 0 Å². The summed E-state index contributed by atoms with van der Waals surface area (Å²) in [6, 6.07) is 0. The number of amides is 2. The predicted molar refractivity (Wildman–Crippen MR) is 67.8 cm³/mol. The fourth-order valence-corrected chi connectivity index (χ4v) is 1.61. The lowest BCUT2D eigenvalue weighted by Crippen LogP contribution is -2.44. The molecule has 18 heavy (non-hydrogen) atoms. The molecule has 0 spiro atoms. The number of piperidine rings is 1. The second kappa shape index (κ2) is 6.70. The van der Waals surface area contributed by atoms with Crippen molar-refractivity contribution in [2.75, 3.05) is 26.2 Å². The molecular formula is C12H23N3O3. The van der Waals surface area contributed by atoms with E-state index in [0.29, 0.717) is 0 Å². The summed E-state index contributed by atoms with van der Waals surface area (Å²) < 4.78 is 5.50. The molecular weight excluding hydrogens is 234 g/mol. The average Bonchev–Trinajstić information content (AvgIpc) is 2.35. The summed E-state index contributed by atoms with van der Waals surface area (Å²) in [5.74, 6) is -0.634. The SMILES string of the molecule is CC(C)(CNC(=O)COC1CCNCC1)C(N)=O. The first kappa shape index (κ1) is 14.9. The first-order chi connectivity index (χ1) is 8.42. The van der Waals surface area contributed by atoms with Crippen molar-refractivity contribution in [1.82, 2.24) is 10.6 Å². The summed E-state index contributed by atoms with van der Waals surface area (Å²) in [6.45, 7) is 5.53. The molecule has 0 atom stereocenters. The number of ether oxygens (including phenoxy) is 1. The van der Waals surface area contributed by atoms with Crippen LogP contribution in [-0.4, -0.2) is 44.2 Å². The van der Waals surface area contributed by atoms with Gasteiger partial charge in [0.15, 0.2) is 0 Å². The molecule has 1 aliphatic rings. The summed E-state index contributed by atoms with van der Waals surface area (Å²) in [7, 11) is 0. The van der Waals surface area contributed by atoms with E-state index in [9.17, 15) is 9.59 Å². The summed E-state index contributed by atoms with van der Waals surface area (Å²) in [5.41, 5.74) is 4.49. The van der Waals surface area contributed by atoms with Crippen molar-refractivity contribution in [1.29, 1.82) is 0 Å². The second-order valence-corrected chi connectivity index (χ2v) is 5.29. The lowest BCUT2D eigenvalue weighted by atomic mass is 9.93. The van der Waals surface area contributed by atoms with Gasteiger partial charge in [-0.3, -0.25) is 9.59 Å². The quantitative estimate of drug-likeness (QED) is 0.591. The lowest BCUT2D eigenvalue weighted by Gasteiger charge is -2.24. The van der Waals surface area contributed by atoms with Gasteiger partial charge in [0.1, 0.15) is 6.61 Å². The van der Waals surface area contributed by atoms with Gasteiger partial charge in [-0.25, -0.2) is 0 Å². The van der Waals surface area contributed by atoms with Crippen LogP contribution in [0.1, 0.15) is 26.7 Å². The first-order valence-electron chi connectivity index (χ1n) is 6.31. The summed E-state index contributed by atoms with van der Waals surface area (Å²) in [5, 5.41) is 5.89. The maximum atomic E-state index is 11.6. The van der Waals surface area contributed by atoms with E-state index in [1.54, 1.807) is 13.8 Å². The molecule has 6 heteroatoms. The normalized spacial score (nSPS) is 17.4. The van der Waals surface area contributed by atoms with Crippen LogP contribution >= 0.6 is 0 Å². The van der Waals surface area contributed by atoms with Gasteiger partial charge in [0.05, 0.1) is 11.5 Å². The Morgan fingerprint density at radius 2 is 2.00 bits per heavy atom. The minimum absolute atomic E-state index is 0.0412. The third-order valence-corrected chi connectivity index (χ3v) is 3.13. The van der Waals surface area contributed by atoms with Gasteiger partial charge < -0.3 is 21.1 Å². The minimum atomic E-state index is -0.732. The zero-order chi connectivity index (χ0) is 13.6. The highest BCUT2D eigenvalue weighted by Crippen LogP contribution is 2.11. The van der Waals surface area contributed by atoms with Crippen LogP contribution in [0.15, 0.2) is 0 Å². The Labute approximate surface area is 108 Å². The Morgan fingerprint density at radius 3 is 2.56 bits per heavy atom. The molecule has 0 aromatic rings. The molecule has 1 heterocycles. The molecule has 0 aromatic carbocycles. The lowest BCUT2D eigenvalue weighted by molar-refractivity contribution is -0.130. The fraction of sp³-hybridized carbons (Fsp3) is 0.833. The van der Waals surface area contributed by atoms with Crippen molar-refractivity contribution in [3.8, 4) is 0 Å². The Bertz CT molecular complexity index is 299. The molecule has 0 unspecified atom stereocenters. The van der Waals surface area contributed by atoms with E-state index in [4.69, 9.17) is 10.5 Å². The number of rotatable bonds is 6. The van der Waals surface area contributed by atoms with Crippen LogP contribution in [0.25, 0.3) is 0 Å². The fourth-order valence-electron chi connectivity index (χ4n) is 1.61. The largest absolute Gasteiger partial charge is 0.369 e. The molecule has 2 amide bonds. The number of hydrogen-bond donors (Lipinski definition) is 3. The number of primary amides is 1. The van der Waals surface area contributed by atoms with Gasteiger partial charge in [-0.05, 0) is 39.8 Å². The second-order valence-electron chi connectivity index (χ2n) is 5.29. The van der Waals surface area contributed by atoms with Gasteiger partial charge in [0.2, 0.25) is 11.8 Å². The molecule has 0 bridgehead atoms. The van der Waals surface area contributed by atoms with Gasteiger partial charge in [-0.1, -0.05) is 0 Å². The molecule has 4 N–H and O–H groups in total. The van der Waals surface area contributed by atoms with Crippen molar-refractivity contribution >= 4 is 11.8 Å². The topological polar surface area (TPSA) is 93.4 Å². The number of carbonyl (C=O) groups is 2. The van der Waals surface area contributed by atoms with Crippen LogP contribution in [0, 0.1) is 5.41 Å². The molecule has 0 saturated carbocycles. The monoisotopic (exact) mass is 257 g/mol. The van der Waals surface area contributed by atoms with Gasteiger partial charge >= 0.3 is 0 Å². The summed E-state index contributed by atoms with van der Waals surface area (Å²) >= 11 is 0. The van der Waals surface area contributed by atoms with Crippen molar-refractivity contribution in [2.24, 2.45) is 11.1 Å². The van der Waals surface area contributed by atoms with Crippen molar-refractivity contribution in [2.45, 2.75) is 32.8 Å². The summed E-state index contributed by atoms with van der Waals surface area (Å²) in [4.78, 5) is 22.6. The van der Waals surface area contributed by atoms with Crippen molar-refractivity contribution in [3.63, 3.8) is 0 Å². The van der Waals surface area contributed by atoms with E-state index in [0.717, 1.165) is 25.9 Å². The molecule has 6 nitrogen and oxygen atoms in total. The molecule has 1 rings (SSSR count). The predicted octanol–water partition coefficient (Wildman–Crippen LogP) is -0.617. The number of carbonyl (C=O) groups excluding carboxylic acids is 2. The van der Waals surface area contributed by atoms with Gasteiger partial charge in [-0.15, -0.1) is 0 Å². The Balaban J connectivity index is 2.19. The van der Waals surface area contributed by atoms with Gasteiger partial charge in [0, 0.05) is 6.54 Å². The van der Waals surface area contributed by atoms with Crippen LogP contribution in [-0.2, 0) is 14.3 Å². The number of hydrogen-bond acceptors (Lipinski definition) is 4. The average molecular weight is 257 g/mol. The highest BCUT2D eigenvalue weighted by atomic mass is 16.5. The van der Waals surface area contributed by atoms with Crippen LogP contribution in [0.5, 0.6) is 0 Å². The smallest absolute Gasteiger partial charge is 0.246 e. The molecule has 104 valence electrons. The molecule has 1 saturated heterocycles. The minimum Gasteiger partial charge on any atom is -0.369 e. The Kier molecular flexibility index (Phi) is 5.55. The third-order valence-electron chi connectivity index (χ3n) is 3.13. The molecule has 1 fully saturated rings. The zero-order valence-corrected chi connectivity index (χ0v) is 11.1.